The average molecular weight is 437 g/mol. The van der Waals surface area contributed by atoms with E-state index in [1.54, 1.807) is 16.4 Å². The lowest BCUT2D eigenvalue weighted by Crippen LogP contribution is -2.29. The first kappa shape index (κ1) is 21.0. The number of allylic oxidation sites excluding steroid dienone is 1. The van der Waals surface area contributed by atoms with Crippen LogP contribution in [0.2, 0.25) is 0 Å². The molecule has 1 aliphatic rings. The average Bonchev–Trinajstić information content (AvgIpc) is 3.19. The van der Waals surface area contributed by atoms with Crippen LogP contribution >= 0.6 is 11.8 Å². The van der Waals surface area contributed by atoms with Crippen molar-refractivity contribution >= 4 is 23.7 Å². The lowest BCUT2D eigenvalue weighted by molar-refractivity contribution is -0.136. The molecular weight excluding hydrogens is 412 g/mol. The van der Waals surface area contributed by atoms with Gasteiger partial charge in [-0.05, 0) is 37.1 Å². The highest BCUT2D eigenvalue weighted by Crippen LogP contribution is 2.37. The molecule has 1 aromatic heterocycles. The van der Waals surface area contributed by atoms with E-state index < -0.39 is 12.0 Å². The van der Waals surface area contributed by atoms with Crippen molar-refractivity contribution in [1.29, 1.82) is 0 Å². The Hall–Kier alpha value is -3.26. The summed E-state index contributed by atoms with van der Waals surface area (Å²) in [5, 5.41) is 8.57. The summed E-state index contributed by atoms with van der Waals surface area (Å²) in [4.78, 5) is 17.3. The summed E-state index contributed by atoms with van der Waals surface area (Å²) in [6, 6.07) is 17.4. The lowest BCUT2D eigenvalue weighted by Gasteiger charge is -2.28. The molecule has 0 amide bonds. The summed E-state index contributed by atoms with van der Waals surface area (Å²) >= 11 is 1.55. The Balaban J connectivity index is 1.71. The first-order valence-corrected chi connectivity index (χ1v) is 11.0. The lowest BCUT2D eigenvalue weighted by atomic mass is 9.95. The molecule has 0 fully saturated rings. The Morgan fingerprint density at radius 2 is 2.00 bits per heavy atom. The number of thioether (sulfide) groups is 1. The molecule has 0 bridgehead atoms. The second-order valence-electron chi connectivity index (χ2n) is 7.00. The van der Waals surface area contributed by atoms with E-state index in [4.69, 9.17) is 14.6 Å². The minimum absolute atomic E-state index is 0.406. The van der Waals surface area contributed by atoms with Crippen molar-refractivity contribution in [2.24, 2.45) is 0 Å². The SMILES string of the molecule is CCOc1cccc(C2C(C(=O)OC)=C(C)Nc3nc(SCc4ccccc4)nn32)c1. The summed E-state index contributed by atoms with van der Waals surface area (Å²) in [6.07, 6.45) is 0. The van der Waals surface area contributed by atoms with Crippen LogP contribution in [0.5, 0.6) is 5.75 Å². The quantitative estimate of drug-likeness (QED) is 0.434. The monoisotopic (exact) mass is 436 g/mol. The fourth-order valence-electron chi connectivity index (χ4n) is 3.54. The molecule has 7 nitrogen and oxygen atoms in total. The molecule has 2 aromatic carbocycles. The number of rotatable bonds is 7. The standard InChI is InChI=1S/C23H24N4O3S/c1-4-30-18-12-8-11-17(13-18)20-19(21(28)29-3)15(2)24-22-25-23(26-27(20)22)31-14-16-9-6-5-7-10-16/h5-13,20H,4,14H2,1-3H3,(H,24,25,26). The normalized spacial score (nSPS) is 15.3. The van der Waals surface area contributed by atoms with Crippen molar-refractivity contribution < 1.29 is 14.3 Å². The van der Waals surface area contributed by atoms with Crippen LogP contribution in [0.3, 0.4) is 0 Å². The van der Waals surface area contributed by atoms with Gasteiger partial charge < -0.3 is 14.8 Å². The van der Waals surface area contributed by atoms with Gasteiger partial charge in [0, 0.05) is 11.4 Å². The van der Waals surface area contributed by atoms with E-state index in [2.05, 4.69) is 22.4 Å². The van der Waals surface area contributed by atoms with Crippen LogP contribution in [0.1, 0.15) is 31.0 Å². The zero-order valence-electron chi connectivity index (χ0n) is 17.7. The van der Waals surface area contributed by atoms with Crippen molar-refractivity contribution in [2.75, 3.05) is 19.0 Å². The largest absolute Gasteiger partial charge is 0.494 e. The third kappa shape index (κ3) is 4.44. The Labute approximate surface area is 185 Å². The number of methoxy groups -OCH3 is 1. The van der Waals surface area contributed by atoms with Crippen LogP contribution in [-0.2, 0) is 15.3 Å². The number of anilines is 1. The maximum atomic E-state index is 12.7. The van der Waals surface area contributed by atoms with Gasteiger partial charge in [-0.25, -0.2) is 9.48 Å². The van der Waals surface area contributed by atoms with Gasteiger partial charge >= 0.3 is 5.97 Å². The number of aromatic nitrogens is 3. The maximum Gasteiger partial charge on any atom is 0.338 e. The van der Waals surface area contributed by atoms with E-state index in [0.717, 1.165) is 17.1 Å². The number of esters is 1. The van der Waals surface area contributed by atoms with Crippen molar-refractivity contribution in [2.45, 2.75) is 30.8 Å². The fourth-order valence-corrected chi connectivity index (χ4v) is 4.32. The van der Waals surface area contributed by atoms with Gasteiger partial charge in [-0.15, -0.1) is 5.10 Å². The molecule has 1 aliphatic heterocycles. The third-order valence-electron chi connectivity index (χ3n) is 4.93. The summed E-state index contributed by atoms with van der Waals surface area (Å²) in [5.41, 5.74) is 3.25. The number of ether oxygens (including phenoxy) is 2. The molecule has 1 unspecified atom stereocenters. The minimum Gasteiger partial charge on any atom is -0.494 e. The van der Waals surface area contributed by atoms with Crippen LogP contribution in [0, 0.1) is 0 Å². The van der Waals surface area contributed by atoms with E-state index in [1.165, 1.54) is 12.7 Å². The zero-order valence-corrected chi connectivity index (χ0v) is 18.5. The molecule has 2 heterocycles. The number of hydrogen-bond acceptors (Lipinski definition) is 7. The molecule has 3 aromatic rings. The molecular formula is C23H24N4O3S. The Bertz CT molecular complexity index is 1110. The van der Waals surface area contributed by atoms with Gasteiger partial charge in [0.05, 0.1) is 19.3 Å². The van der Waals surface area contributed by atoms with E-state index in [0.29, 0.717) is 29.0 Å². The number of nitrogens with zero attached hydrogens (tertiary/aromatic N) is 3. The summed E-state index contributed by atoms with van der Waals surface area (Å²) < 4.78 is 12.5. The number of carbonyl (C=O) groups is 1. The van der Waals surface area contributed by atoms with Gasteiger partial charge in [0.25, 0.3) is 0 Å². The number of carbonyl (C=O) groups excluding carboxylic acids is 1. The Morgan fingerprint density at radius 3 is 2.74 bits per heavy atom. The van der Waals surface area contributed by atoms with Crippen molar-refractivity contribution in [3.8, 4) is 5.75 Å². The molecule has 1 N–H and O–H groups in total. The molecule has 8 heteroatoms. The number of hydrogen-bond donors (Lipinski definition) is 1. The van der Waals surface area contributed by atoms with Crippen LogP contribution in [0.4, 0.5) is 5.95 Å². The minimum atomic E-state index is -0.470. The molecule has 0 radical (unpaired) electrons. The predicted molar refractivity (Wildman–Crippen MR) is 120 cm³/mol. The van der Waals surface area contributed by atoms with E-state index in [9.17, 15) is 4.79 Å². The molecule has 1 atom stereocenters. The van der Waals surface area contributed by atoms with Crippen molar-refractivity contribution in [1.82, 2.24) is 14.8 Å². The number of nitrogens with one attached hydrogen (secondary N) is 1. The van der Waals surface area contributed by atoms with Crippen LogP contribution in [-0.4, -0.2) is 34.5 Å². The van der Waals surface area contributed by atoms with E-state index >= 15 is 0 Å². The highest BCUT2D eigenvalue weighted by Gasteiger charge is 2.35. The highest BCUT2D eigenvalue weighted by molar-refractivity contribution is 7.98. The number of benzene rings is 2. The van der Waals surface area contributed by atoms with Gasteiger partial charge in [0.15, 0.2) is 0 Å². The first-order valence-electron chi connectivity index (χ1n) is 10.0. The Kier molecular flexibility index (Phi) is 6.27. The fraction of sp³-hybridized carbons (Fsp3) is 0.261. The molecule has 0 aliphatic carbocycles. The number of fused-ring (bicyclic) bond motifs is 1. The van der Waals surface area contributed by atoms with Gasteiger partial charge in [-0.2, -0.15) is 4.98 Å². The van der Waals surface area contributed by atoms with Crippen LogP contribution in [0.15, 0.2) is 71.0 Å². The zero-order chi connectivity index (χ0) is 21.8. The summed E-state index contributed by atoms with van der Waals surface area (Å²) in [6.45, 7) is 4.34. The molecule has 0 saturated heterocycles. The van der Waals surface area contributed by atoms with Crippen LogP contribution in [0.25, 0.3) is 0 Å². The van der Waals surface area contributed by atoms with Gasteiger partial charge in [-0.3, -0.25) is 0 Å². The van der Waals surface area contributed by atoms with Crippen molar-refractivity contribution in [3.63, 3.8) is 0 Å². The molecule has 0 spiro atoms. The highest BCUT2D eigenvalue weighted by atomic mass is 32.2. The van der Waals surface area contributed by atoms with Gasteiger partial charge in [0.1, 0.15) is 11.8 Å². The molecule has 4 rings (SSSR count). The summed E-state index contributed by atoms with van der Waals surface area (Å²) in [7, 11) is 1.38. The van der Waals surface area contributed by atoms with Crippen molar-refractivity contribution in [3.05, 3.63) is 77.0 Å². The second kappa shape index (κ2) is 9.26. The van der Waals surface area contributed by atoms with Gasteiger partial charge in [-0.1, -0.05) is 54.2 Å². The van der Waals surface area contributed by atoms with E-state index in [1.807, 2.05) is 56.3 Å². The van der Waals surface area contributed by atoms with E-state index in [-0.39, 0.29) is 0 Å². The topological polar surface area (TPSA) is 78.3 Å². The smallest absolute Gasteiger partial charge is 0.338 e. The molecule has 0 saturated carbocycles. The maximum absolute atomic E-state index is 12.7. The summed E-state index contributed by atoms with van der Waals surface area (Å²) in [5.74, 6) is 1.68. The third-order valence-corrected chi connectivity index (χ3v) is 5.84. The van der Waals surface area contributed by atoms with Crippen LogP contribution < -0.4 is 10.1 Å². The first-order chi connectivity index (χ1) is 15.1. The Morgan fingerprint density at radius 1 is 1.19 bits per heavy atom. The molecule has 31 heavy (non-hydrogen) atoms. The predicted octanol–water partition coefficient (Wildman–Crippen LogP) is 4.43. The molecule has 160 valence electrons. The van der Waals surface area contributed by atoms with Gasteiger partial charge in [0.2, 0.25) is 11.1 Å². The second-order valence-corrected chi connectivity index (χ2v) is 7.94.